The highest BCUT2D eigenvalue weighted by Gasteiger charge is 2.17. The molecule has 2 aromatic rings. The molecule has 5 heteroatoms. The van der Waals surface area contributed by atoms with Gasteiger partial charge in [0.25, 0.3) is 0 Å². The van der Waals surface area contributed by atoms with Crippen molar-refractivity contribution in [2.24, 2.45) is 0 Å². The van der Waals surface area contributed by atoms with Crippen LogP contribution in [0.25, 0.3) is 11.0 Å². The number of carbonyl (C=O) groups is 1. The summed E-state index contributed by atoms with van der Waals surface area (Å²) in [5.41, 5.74) is 0.834. The van der Waals surface area contributed by atoms with Crippen LogP contribution in [0.1, 0.15) is 26.0 Å². The minimum Gasteiger partial charge on any atom is -0.463 e. The molecule has 1 unspecified atom stereocenters. The summed E-state index contributed by atoms with van der Waals surface area (Å²) in [4.78, 5) is 11.8. The van der Waals surface area contributed by atoms with E-state index in [9.17, 15) is 4.79 Å². The van der Waals surface area contributed by atoms with E-state index in [2.05, 4.69) is 15.9 Å². The Morgan fingerprint density at radius 3 is 2.86 bits per heavy atom. The summed E-state index contributed by atoms with van der Waals surface area (Å²) in [6.07, 6.45) is 0.702. The number of esters is 1. The lowest BCUT2D eigenvalue weighted by atomic mass is 10.2. The number of benzene rings is 1. The van der Waals surface area contributed by atoms with Crippen molar-refractivity contribution in [3.8, 4) is 0 Å². The molecule has 0 aliphatic heterocycles. The fourth-order valence-electron chi connectivity index (χ4n) is 2.09. The van der Waals surface area contributed by atoms with Crippen LogP contribution in [0.4, 0.5) is 0 Å². The summed E-state index contributed by atoms with van der Waals surface area (Å²) in [6.45, 7) is 4.57. The third kappa shape index (κ3) is 4.32. The second kappa shape index (κ2) is 7.61. The van der Waals surface area contributed by atoms with E-state index in [0.29, 0.717) is 26.1 Å². The second-order valence-corrected chi connectivity index (χ2v) is 5.58. The van der Waals surface area contributed by atoms with Crippen LogP contribution in [0.5, 0.6) is 0 Å². The smallest absolute Gasteiger partial charge is 0.335 e. The van der Waals surface area contributed by atoms with Crippen LogP contribution in [0.3, 0.4) is 0 Å². The number of halogens is 1. The SMILES string of the molecule is CCOC(CC)C(=O)OCCc1cc2cc(Br)ccc2o1. The molecule has 1 heterocycles. The molecule has 0 saturated carbocycles. The largest absolute Gasteiger partial charge is 0.463 e. The first-order valence-electron chi connectivity index (χ1n) is 7.10. The number of ether oxygens (including phenoxy) is 2. The zero-order chi connectivity index (χ0) is 15.2. The molecule has 0 saturated heterocycles. The van der Waals surface area contributed by atoms with E-state index in [-0.39, 0.29) is 5.97 Å². The molecule has 1 atom stereocenters. The fourth-order valence-corrected chi connectivity index (χ4v) is 2.47. The van der Waals surface area contributed by atoms with Gasteiger partial charge < -0.3 is 13.9 Å². The number of furan rings is 1. The Balaban J connectivity index is 1.88. The maximum atomic E-state index is 11.8. The molecule has 1 aromatic heterocycles. The number of fused-ring (bicyclic) bond motifs is 1. The summed E-state index contributed by atoms with van der Waals surface area (Å²) < 4.78 is 17.3. The molecular formula is C16H19BrO4. The Morgan fingerprint density at radius 1 is 1.33 bits per heavy atom. The number of rotatable bonds is 7. The van der Waals surface area contributed by atoms with Gasteiger partial charge in [-0.3, -0.25) is 0 Å². The predicted octanol–water partition coefficient (Wildman–Crippen LogP) is 4.10. The quantitative estimate of drug-likeness (QED) is 0.702. The first-order valence-corrected chi connectivity index (χ1v) is 7.89. The second-order valence-electron chi connectivity index (χ2n) is 4.66. The lowest BCUT2D eigenvalue weighted by Crippen LogP contribution is -2.26. The first-order chi connectivity index (χ1) is 10.1. The van der Waals surface area contributed by atoms with E-state index in [1.807, 2.05) is 38.1 Å². The summed E-state index contributed by atoms with van der Waals surface area (Å²) in [6, 6.07) is 7.81. The van der Waals surface area contributed by atoms with Crippen LogP contribution >= 0.6 is 15.9 Å². The third-order valence-corrected chi connectivity index (χ3v) is 3.62. The van der Waals surface area contributed by atoms with E-state index in [1.165, 1.54) is 0 Å². The van der Waals surface area contributed by atoms with Crippen molar-refractivity contribution in [2.75, 3.05) is 13.2 Å². The molecule has 0 amide bonds. The summed E-state index contributed by atoms with van der Waals surface area (Å²) in [7, 11) is 0. The van der Waals surface area contributed by atoms with Crippen molar-refractivity contribution in [3.63, 3.8) is 0 Å². The van der Waals surface area contributed by atoms with E-state index >= 15 is 0 Å². The highest BCUT2D eigenvalue weighted by atomic mass is 79.9. The van der Waals surface area contributed by atoms with E-state index in [1.54, 1.807) is 0 Å². The standard InChI is InChI=1S/C16H19BrO4/c1-3-14(19-4-2)16(18)20-8-7-13-10-11-9-12(17)5-6-15(11)21-13/h5-6,9-10,14H,3-4,7-8H2,1-2H3. The Kier molecular flexibility index (Phi) is 5.82. The summed E-state index contributed by atoms with van der Waals surface area (Å²) in [5.74, 6) is 0.499. The Bertz CT molecular complexity index is 605. The van der Waals surface area contributed by atoms with Crippen molar-refractivity contribution in [2.45, 2.75) is 32.8 Å². The normalized spacial score (nSPS) is 12.5. The Morgan fingerprint density at radius 2 is 2.14 bits per heavy atom. The van der Waals surface area contributed by atoms with Crippen LogP contribution in [-0.4, -0.2) is 25.3 Å². The topological polar surface area (TPSA) is 48.7 Å². The van der Waals surface area contributed by atoms with Crippen LogP contribution in [0.15, 0.2) is 33.2 Å². The van der Waals surface area contributed by atoms with E-state index < -0.39 is 6.10 Å². The minimum absolute atomic E-state index is 0.295. The zero-order valence-electron chi connectivity index (χ0n) is 12.2. The first kappa shape index (κ1) is 16.0. The number of hydrogen-bond donors (Lipinski definition) is 0. The zero-order valence-corrected chi connectivity index (χ0v) is 13.8. The lowest BCUT2D eigenvalue weighted by Gasteiger charge is -2.13. The van der Waals surface area contributed by atoms with Gasteiger partial charge in [0.1, 0.15) is 11.3 Å². The van der Waals surface area contributed by atoms with Crippen LogP contribution in [0.2, 0.25) is 0 Å². The maximum Gasteiger partial charge on any atom is 0.335 e. The molecule has 0 aliphatic carbocycles. The lowest BCUT2D eigenvalue weighted by molar-refractivity contribution is -0.157. The number of carbonyl (C=O) groups excluding carboxylic acids is 1. The summed E-state index contributed by atoms with van der Waals surface area (Å²) >= 11 is 3.43. The fraction of sp³-hybridized carbons (Fsp3) is 0.438. The molecule has 2 rings (SSSR count). The van der Waals surface area contributed by atoms with Crippen LogP contribution in [0, 0.1) is 0 Å². The molecule has 0 fully saturated rings. The average molecular weight is 355 g/mol. The van der Waals surface area contributed by atoms with Crippen molar-refractivity contribution in [3.05, 3.63) is 34.5 Å². The molecule has 0 bridgehead atoms. The summed E-state index contributed by atoms with van der Waals surface area (Å²) in [5, 5.41) is 1.03. The highest BCUT2D eigenvalue weighted by Crippen LogP contribution is 2.23. The molecule has 0 spiro atoms. The van der Waals surface area contributed by atoms with Gasteiger partial charge in [-0.15, -0.1) is 0 Å². The van der Waals surface area contributed by atoms with Gasteiger partial charge in [0.05, 0.1) is 6.61 Å². The maximum absolute atomic E-state index is 11.8. The minimum atomic E-state index is -0.471. The van der Waals surface area contributed by atoms with Crippen molar-refractivity contribution < 1.29 is 18.7 Å². The van der Waals surface area contributed by atoms with Crippen LogP contribution in [-0.2, 0) is 20.7 Å². The van der Waals surface area contributed by atoms with Crippen molar-refractivity contribution in [1.29, 1.82) is 0 Å². The van der Waals surface area contributed by atoms with E-state index in [4.69, 9.17) is 13.9 Å². The van der Waals surface area contributed by atoms with Gasteiger partial charge in [-0.2, -0.15) is 0 Å². The van der Waals surface area contributed by atoms with Gasteiger partial charge in [0, 0.05) is 22.9 Å². The predicted molar refractivity (Wildman–Crippen MR) is 84.3 cm³/mol. The average Bonchev–Trinajstić information content (AvgIpc) is 2.86. The highest BCUT2D eigenvalue weighted by molar-refractivity contribution is 9.10. The van der Waals surface area contributed by atoms with Gasteiger partial charge >= 0.3 is 5.97 Å². The van der Waals surface area contributed by atoms with E-state index in [0.717, 1.165) is 21.2 Å². The molecule has 114 valence electrons. The Hall–Kier alpha value is -1.33. The Labute approximate surface area is 132 Å². The molecule has 0 aliphatic rings. The molecule has 0 N–H and O–H groups in total. The molecule has 1 aromatic carbocycles. The van der Waals surface area contributed by atoms with Crippen molar-refractivity contribution >= 4 is 32.9 Å². The van der Waals surface area contributed by atoms with Gasteiger partial charge in [-0.1, -0.05) is 22.9 Å². The van der Waals surface area contributed by atoms with Gasteiger partial charge in [-0.05, 0) is 37.6 Å². The van der Waals surface area contributed by atoms with Crippen LogP contribution < -0.4 is 0 Å². The van der Waals surface area contributed by atoms with Crippen molar-refractivity contribution in [1.82, 2.24) is 0 Å². The number of hydrogen-bond acceptors (Lipinski definition) is 4. The monoisotopic (exact) mass is 354 g/mol. The van der Waals surface area contributed by atoms with Gasteiger partial charge in [-0.25, -0.2) is 4.79 Å². The third-order valence-electron chi connectivity index (χ3n) is 3.12. The molecule has 4 nitrogen and oxygen atoms in total. The molecule has 21 heavy (non-hydrogen) atoms. The molecular weight excluding hydrogens is 336 g/mol. The molecule has 0 radical (unpaired) electrons. The van der Waals surface area contributed by atoms with Gasteiger partial charge in [0.2, 0.25) is 0 Å². The van der Waals surface area contributed by atoms with Gasteiger partial charge in [0.15, 0.2) is 6.10 Å².